The molecule has 1 fully saturated rings. The second-order valence-electron chi connectivity index (χ2n) is 6.41. The number of rotatable bonds is 6. The Morgan fingerprint density at radius 1 is 1.26 bits per heavy atom. The fraction of sp³-hybridized carbons (Fsp3) is 0.750. The third kappa shape index (κ3) is 3.92. The fourth-order valence-electron chi connectivity index (χ4n) is 3.41. The van der Waals surface area contributed by atoms with E-state index in [-0.39, 0.29) is 0 Å². The number of nitrogens with one attached hydrogen (secondary N) is 1. The van der Waals surface area contributed by atoms with Crippen LogP contribution in [0.15, 0.2) is 12.4 Å². The molecule has 0 bridgehead atoms. The highest BCUT2D eigenvalue weighted by Gasteiger charge is 2.34. The summed E-state index contributed by atoms with van der Waals surface area (Å²) in [5, 5.41) is 3.56. The van der Waals surface area contributed by atoms with Gasteiger partial charge in [0, 0.05) is 18.3 Å². The molecule has 1 aromatic rings. The molecule has 106 valence electrons. The van der Waals surface area contributed by atoms with Gasteiger partial charge in [0.2, 0.25) is 0 Å². The molecular weight excluding hydrogens is 234 g/mol. The normalized spacial score (nSPS) is 17.9. The Labute approximate surface area is 117 Å². The van der Waals surface area contributed by atoms with Crippen molar-refractivity contribution < 1.29 is 0 Å². The highest BCUT2D eigenvalue weighted by atomic mass is 15.0. The molecule has 0 aliphatic heterocycles. The average molecular weight is 261 g/mol. The van der Waals surface area contributed by atoms with Gasteiger partial charge in [0.1, 0.15) is 12.1 Å². The van der Waals surface area contributed by atoms with Gasteiger partial charge in [-0.05, 0) is 37.0 Å². The lowest BCUT2D eigenvalue weighted by atomic mass is 9.78. The van der Waals surface area contributed by atoms with Crippen LogP contribution in [-0.2, 0) is 6.42 Å². The van der Waals surface area contributed by atoms with Crippen LogP contribution >= 0.6 is 0 Å². The lowest BCUT2D eigenvalue weighted by Crippen LogP contribution is -2.28. The first-order chi connectivity index (χ1) is 9.13. The summed E-state index contributed by atoms with van der Waals surface area (Å²) in [6.45, 7) is 7.86. The number of nitrogens with zero attached hydrogens (tertiary/aromatic N) is 2. The molecule has 1 heterocycles. The Kier molecular flexibility index (Phi) is 4.78. The van der Waals surface area contributed by atoms with Crippen molar-refractivity contribution in [3.63, 3.8) is 0 Å². The van der Waals surface area contributed by atoms with E-state index >= 15 is 0 Å². The number of aromatic nitrogens is 2. The van der Waals surface area contributed by atoms with Crippen molar-refractivity contribution >= 4 is 5.82 Å². The highest BCUT2D eigenvalue weighted by molar-refractivity contribution is 5.35. The third-order valence-electron chi connectivity index (χ3n) is 4.24. The molecule has 1 aromatic heterocycles. The average Bonchev–Trinajstić information content (AvgIpc) is 2.85. The smallest absolute Gasteiger partial charge is 0.129 e. The van der Waals surface area contributed by atoms with Crippen LogP contribution in [0.4, 0.5) is 5.82 Å². The molecule has 0 atom stereocenters. The summed E-state index contributed by atoms with van der Waals surface area (Å²) in [6, 6.07) is 2.08. The predicted octanol–water partition coefficient (Wildman–Crippen LogP) is 4.06. The van der Waals surface area contributed by atoms with E-state index in [1.54, 1.807) is 6.33 Å². The Morgan fingerprint density at radius 3 is 2.63 bits per heavy atom. The van der Waals surface area contributed by atoms with E-state index in [1.165, 1.54) is 32.1 Å². The van der Waals surface area contributed by atoms with E-state index in [2.05, 4.69) is 42.1 Å². The number of anilines is 1. The Balaban J connectivity index is 1.98. The first-order valence-electron chi connectivity index (χ1n) is 7.68. The summed E-state index contributed by atoms with van der Waals surface area (Å²) in [6.07, 6.45) is 9.47. The topological polar surface area (TPSA) is 37.8 Å². The summed E-state index contributed by atoms with van der Waals surface area (Å²) in [4.78, 5) is 8.59. The maximum atomic E-state index is 4.34. The Morgan fingerprint density at radius 2 is 2.00 bits per heavy atom. The van der Waals surface area contributed by atoms with Crippen molar-refractivity contribution in [2.24, 2.45) is 11.3 Å². The summed E-state index contributed by atoms with van der Waals surface area (Å²) in [5.74, 6) is 1.76. The van der Waals surface area contributed by atoms with Crippen molar-refractivity contribution in [3.8, 4) is 0 Å². The SMILES string of the molecule is CCc1cc(NCC2(CC(C)C)CCCC2)ncn1. The molecule has 2 rings (SSSR count). The quantitative estimate of drug-likeness (QED) is 0.839. The molecule has 3 heteroatoms. The summed E-state index contributed by atoms with van der Waals surface area (Å²) in [7, 11) is 0. The second-order valence-corrected chi connectivity index (χ2v) is 6.41. The van der Waals surface area contributed by atoms with Crippen molar-refractivity contribution in [2.45, 2.75) is 59.3 Å². The standard InChI is InChI=1S/C16H27N3/c1-4-14-9-15(19-12-18-14)17-11-16(10-13(2)3)7-5-6-8-16/h9,12-13H,4-8,10-11H2,1-3H3,(H,17,18,19). The molecule has 1 aliphatic rings. The van der Waals surface area contributed by atoms with Crippen LogP contribution in [0, 0.1) is 11.3 Å². The maximum absolute atomic E-state index is 4.34. The fourth-order valence-corrected chi connectivity index (χ4v) is 3.41. The lowest BCUT2D eigenvalue weighted by Gasteiger charge is -2.31. The molecule has 0 saturated heterocycles. The van der Waals surface area contributed by atoms with E-state index in [0.717, 1.165) is 30.4 Å². The van der Waals surface area contributed by atoms with Crippen LogP contribution in [0.1, 0.15) is 58.6 Å². The maximum Gasteiger partial charge on any atom is 0.129 e. The first-order valence-corrected chi connectivity index (χ1v) is 7.68. The molecule has 0 spiro atoms. The molecule has 1 aliphatic carbocycles. The van der Waals surface area contributed by atoms with Gasteiger partial charge < -0.3 is 5.32 Å². The third-order valence-corrected chi connectivity index (χ3v) is 4.24. The van der Waals surface area contributed by atoms with Crippen molar-refractivity contribution in [1.82, 2.24) is 9.97 Å². The van der Waals surface area contributed by atoms with Gasteiger partial charge in [-0.1, -0.05) is 33.6 Å². The zero-order valence-corrected chi connectivity index (χ0v) is 12.6. The van der Waals surface area contributed by atoms with E-state index in [0.29, 0.717) is 5.41 Å². The molecule has 3 nitrogen and oxygen atoms in total. The van der Waals surface area contributed by atoms with Gasteiger partial charge in [-0.15, -0.1) is 0 Å². The number of hydrogen-bond acceptors (Lipinski definition) is 3. The number of aryl methyl sites for hydroxylation is 1. The van der Waals surface area contributed by atoms with Gasteiger partial charge in [-0.3, -0.25) is 0 Å². The van der Waals surface area contributed by atoms with E-state index < -0.39 is 0 Å². The minimum absolute atomic E-state index is 0.492. The van der Waals surface area contributed by atoms with Gasteiger partial charge >= 0.3 is 0 Å². The minimum Gasteiger partial charge on any atom is -0.369 e. The van der Waals surface area contributed by atoms with Crippen molar-refractivity contribution in [1.29, 1.82) is 0 Å². The van der Waals surface area contributed by atoms with E-state index in [1.807, 2.05) is 0 Å². The van der Waals surface area contributed by atoms with Crippen LogP contribution in [0.2, 0.25) is 0 Å². The van der Waals surface area contributed by atoms with Crippen LogP contribution in [0.5, 0.6) is 0 Å². The van der Waals surface area contributed by atoms with Gasteiger partial charge in [0.15, 0.2) is 0 Å². The summed E-state index contributed by atoms with van der Waals surface area (Å²) >= 11 is 0. The van der Waals surface area contributed by atoms with Gasteiger partial charge in [0.25, 0.3) is 0 Å². The molecule has 0 aromatic carbocycles. The molecule has 19 heavy (non-hydrogen) atoms. The van der Waals surface area contributed by atoms with Gasteiger partial charge in [0.05, 0.1) is 0 Å². The number of hydrogen-bond donors (Lipinski definition) is 1. The van der Waals surface area contributed by atoms with Crippen LogP contribution in [-0.4, -0.2) is 16.5 Å². The monoisotopic (exact) mass is 261 g/mol. The molecule has 0 amide bonds. The van der Waals surface area contributed by atoms with Gasteiger partial charge in [-0.2, -0.15) is 0 Å². The molecule has 0 radical (unpaired) electrons. The van der Waals surface area contributed by atoms with Crippen LogP contribution in [0.25, 0.3) is 0 Å². The van der Waals surface area contributed by atoms with Crippen LogP contribution < -0.4 is 5.32 Å². The summed E-state index contributed by atoms with van der Waals surface area (Å²) < 4.78 is 0. The van der Waals surface area contributed by atoms with E-state index in [9.17, 15) is 0 Å². The highest BCUT2D eigenvalue weighted by Crippen LogP contribution is 2.43. The zero-order chi connectivity index (χ0) is 13.7. The Bertz CT molecular complexity index is 395. The molecule has 1 N–H and O–H groups in total. The van der Waals surface area contributed by atoms with Crippen molar-refractivity contribution in [3.05, 3.63) is 18.1 Å². The molecular formula is C16H27N3. The van der Waals surface area contributed by atoms with E-state index in [4.69, 9.17) is 0 Å². The zero-order valence-electron chi connectivity index (χ0n) is 12.6. The lowest BCUT2D eigenvalue weighted by molar-refractivity contribution is 0.252. The Hall–Kier alpha value is -1.12. The largest absolute Gasteiger partial charge is 0.369 e. The molecule has 0 unspecified atom stereocenters. The minimum atomic E-state index is 0.492. The van der Waals surface area contributed by atoms with Gasteiger partial charge in [-0.25, -0.2) is 9.97 Å². The summed E-state index contributed by atoms with van der Waals surface area (Å²) in [5.41, 5.74) is 1.60. The molecule has 1 saturated carbocycles. The predicted molar refractivity (Wildman–Crippen MR) is 80.3 cm³/mol. The van der Waals surface area contributed by atoms with Crippen molar-refractivity contribution in [2.75, 3.05) is 11.9 Å². The second kappa shape index (κ2) is 6.36. The van der Waals surface area contributed by atoms with Crippen LogP contribution in [0.3, 0.4) is 0 Å². The first kappa shape index (κ1) is 14.3.